The van der Waals surface area contributed by atoms with Crippen molar-refractivity contribution in [2.45, 2.75) is 6.92 Å². The SMILES string of the molecule is CCOC(=O)Nc1ccc(Br)cc1Cl. The molecule has 0 spiro atoms. The van der Waals surface area contributed by atoms with E-state index in [4.69, 9.17) is 16.3 Å². The van der Waals surface area contributed by atoms with Gasteiger partial charge in [0.1, 0.15) is 0 Å². The molecule has 0 aromatic heterocycles. The van der Waals surface area contributed by atoms with Crippen LogP contribution in [-0.4, -0.2) is 12.7 Å². The molecule has 0 aliphatic carbocycles. The fourth-order valence-corrected chi connectivity index (χ4v) is 1.59. The summed E-state index contributed by atoms with van der Waals surface area (Å²) in [5, 5.41) is 2.99. The van der Waals surface area contributed by atoms with E-state index in [1.807, 2.05) is 0 Å². The highest BCUT2D eigenvalue weighted by atomic mass is 79.9. The molecule has 0 saturated carbocycles. The first-order valence-electron chi connectivity index (χ1n) is 4.02. The highest BCUT2D eigenvalue weighted by Crippen LogP contribution is 2.25. The third kappa shape index (κ3) is 3.20. The Kier molecular flexibility index (Phi) is 4.22. The number of amides is 1. The van der Waals surface area contributed by atoms with Crippen molar-refractivity contribution in [3.63, 3.8) is 0 Å². The summed E-state index contributed by atoms with van der Waals surface area (Å²) in [5.41, 5.74) is 0.535. The first-order chi connectivity index (χ1) is 6.63. The number of halogens is 2. The molecule has 5 heteroatoms. The molecule has 14 heavy (non-hydrogen) atoms. The molecule has 0 fully saturated rings. The molecular weight excluding hydrogens is 269 g/mol. The Morgan fingerprint density at radius 1 is 1.64 bits per heavy atom. The molecule has 1 N–H and O–H groups in total. The quantitative estimate of drug-likeness (QED) is 0.896. The molecule has 0 radical (unpaired) electrons. The van der Waals surface area contributed by atoms with Crippen molar-refractivity contribution in [3.05, 3.63) is 27.7 Å². The summed E-state index contributed by atoms with van der Waals surface area (Å²) < 4.78 is 5.57. The van der Waals surface area contributed by atoms with Gasteiger partial charge in [0.05, 0.1) is 17.3 Å². The molecule has 0 atom stereocenters. The summed E-state index contributed by atoms with van der Waals surface area (Å²) in [7, 11) is 0. The van der Waals surface area contributed by atoms with Crippen LogP contribution in [0.3, 0.4) is 0 Å². The van der Waals surface area contributed by atoms with Gasteiger partial charge in [-0.3, -0.25) is 5.32 Å². The summed E-state index contributed by atoms with van der Waals surface area (Å²) in [6, 6.07) is 5.18. The van der Waals surface area contributed by atoms with Crippen LogP contribution >= 0.6 is 27.5 Å². The maximum absolute atomic E-state index is 11.0. The minimum atomic E-state index is -0.503. The summed E-state index contributed by atoms with van der Waals surface area (Å²) in [6.45, 7) is 2.07. The highest BCUT2D eigenvalue weighted by Gasteiger charge is 2.05. The summed E-state index contributed by atoms with van der Waals surface area (Å²) >= 11 is 9.14. The van der Waals surface area contributed by atoms with Crippen LogP contribution in [0.4, 0.5) is 10.5 Å². The standard InChI is InChI=1S/C9H9BrClNO2/c1-2-14-9(13)12-8-4-3-6(10)5-7(8)11/h3-5H,2H2,1H3,(H,12,13). The second-order valence-electron chi connectivity index (χ2n) is 2.47. The van der Waals surface area contributed by atoms with Gasteiger partial charge in [-0.15, -0.1) is 0 Å². The average Bonchev–Trinajstić information content (AvgIpc) is 2.10. The smallest absolute Gasteiger partial charge is 0.411 e. The lowest BCUT2D eigenvalue weighted by Gasteiger charge is -2.06. The van der Waals surface area contributed by atoms with Crippen LogP contribution in [0.5, 0.6) is 0 Å². The van der Waals surface area contributed by atoms with Crippen LogP contribution in [0, 0.1) is 0 Å². The Morgan fingerprint density at radius 2 is 2.36 bits per heavy atom. The van der Waals surface area contributed by atoms with Gasteiger partial charge in [-0.2, -0.15) is 0 Å². The number of hydrogen-bond donors (Lipinski definition) is 1. The first kappa shape index (κ1) is 11.3. The number of hydrogen-bond acceptors (Lipinski definition) is 2. The Hall–Kier alpha value is -0.740. The van der Waals surface area contributed by atoms with E-state index in [1.165, 1.54) is 0 Å². The minimum Gasteiger partial charge on any atom is -0.450 e. The lowest BCUT2D eigenvalue weighted by Crippen LogP contribution is -2.13. The van der Waals surface area contributed by atoms with E-state index < -0.39 is 6.09 Å². The van der Waals surface area contributed by atoms with E-state index in [1.54, 1.807) is 25.1 Å². The molecule has 0 heterocycles. The van der Waals surface area contributed by atoms with E-state index >= 15 is 0 Å². The van der Waals surface area contributed by atoms with E-state index in [9.17, 15) is 4.79 Å². The maximum atomic E-state index is 11.0. The van der Waals surface area contributed by atoms with E-state index in [0.717, 1.165) is 4.47 Å². The molecule has 1 amide bonds. The fourth-order valence-electron chi connectivity index (χ4n) is 0.868. The molecule has 76 valence electrons. The molecular formula is C9H9BrClNO2. The second kappa shape index (κ2) is 5.22. The number of carbonyl (C=O) groups is 1. The third-order valence-corrected chi connectivity index (χ3v) is 2.25. The summed E-state index contributed by atoms with van der Waals surface area (Å²) in [6.07, 6.45) is -0.503. The van der Waals surface area contributed by atoms with Crippen LogP contribution in [-0.2, 0) is 4.74 Å². The molecule has 0 aliphatic heterocycles. The van der Waals surface area contributed by atoms with Gasteiger partial charge in [0.25, 0.3) is 0 Å². The fraction of sp³-hybridized carbons (Fsp3) is 0.222. The van der Waals surface area contributed by atoms with Crippen molar-refractivity contribution in [2.75, 3.05) is 11.9 Å². The van der Waals surface area contributed by atoms with Gasteiger partial charge >= 0.3 is 6.09 Å². The Bertz CT molecular complexity index is 344. The van der Waals surface area contributed by atoms with E-state index in [0.29, 0.717) is 17.3 Å². The molecule has 0 saturated heterocycles. The van der Waals surface area contributed by atoms with Crippen LogP contribution in [0.15, 0.2) is 22.7 Å². The van der Waals surface area contributed by atoms with Crippen molar-refractivity contribution in [1.29, 1.82) is 0 Å². The molecule has 1 aromatic rings. The molecule has 0 bridgehead atoms. The zero-order chi connectivity index (χ0) is 10.6. The van der Waals surface area contributed by atoms with E-state index in [2.05, 4.69) is 21.2 Å². The van der Waals surface area contributed by atoms with Gasteiger partial charge in [-0.25, -0.2) is 4.79 Å². The van der Waals surface area contributed by atoms with Gasteiger partial charge in [-0.05, 0) is 25.1 Å². The van der Waals surface area contributed by atoms with Crippen molar-refractivity contribution in [3.8, 4) is 0 Å². The molecule has 1 rings (SSSR count). The molecule has 1 aromatic carbocycles. The molecule has 0 aliphatic rings. The number of carbonyl (C=O) groups excluding carboxylic acids is 1. The lowest BCUT2D eigenvalue weighted by atomic mass is 10.3. The van der Waals surface area contributed by atoms with Crippen LogP contribution < -0.4 is 5.32 Å². The number of anilines is 1. The predicted octanol–water partition coefficient (Wildman–Crippen LogP) is 3.67. The van der Waals surface area contributed by atoms with Gasteiger partial charge in [0, 0.05) is 4.47 Å². The number of nitrogens with one attached hydrogen (secondary N) is 1. The molecule has 3 nitrogen and oxygen atoms in total. The summed E-state index contributed by atoms with van der Waals surface area (Å²) in [5.74, 6) is 0. The average molecular weight is 279 g/mol. The van der Waals surface area contributed by atoms with Gasteiger partial charge < -0.3 is 4.74 Å². The summed E-state index contributed by atoms with van der Waals surface area (Å²) in [4.78, 5) is 11.0. The maximum Gasteiger partial charge on any atom is 0.411 e. The van der Waals surface area contributed by atoms with Crippen LogP contribution in [0.1, 0.15) is 6.92 Å². The van der Waals surface area contributed by atoms with Gasteiger partial charge in [0.15, 0.2) is 0 Å². The third-order valence-electron chi connectivity index (χ3n) is 1.44. The topological polar surface area (TPSA) is 38.3 Å². The lowest BCUT2D eigenvalue weighted by molar-refractivity contribution is 0.168. The second-order valence-corrected chi connectivity index (χ2v) is 3.79. The van der Waals surface area contributed by atoms with Gasteiger partial charge in [0.2, 0.25) is 0 Å². The van der Waals surface area contributed by atoms with Crippen molar-refractivity contribution < 1.29 is 9.53 Å². The van der Waals surface area contributed by atoms with Crippen molar-refractivity contribution in [2.24, 2.45) is 0 Å². The number of rotatable bonds is 2. The zero-order valence-electron chi connectivity index (χ0n) is 7.51. The normalized spacial score (nSPS) is 9.64. The van der Waals surface area contributed by atoms with Crippen molar-refractivity contribution in [1.82, 2.24) is 0 Å². The Morgan fingerprint density at radius 3 is 2.93 bits per heavy atom. The predicted molar refractivity (Wildman–Crippen MR) is 59.8 cm³/mol. The zero-order valence-corrected chi connectivity index (χ0v) is 9.85. The Balaban J connectivity index is 2.72. The monoisotopic (exact) mass is 277 g/mol. The first-order valence-corrected chi connectivity index (χ1v) is 5.19. The number of ether oxygens (including phenoxy) is 1. The minimum absolute atomic E-state index is 0.333. The van der Waals surface area contributed by atoms with Gasteiger partial charge in [-0.1, -0.05) is 27.5 Å². The largest absolute Gasteiger partial charge is 0.450 e. The highest BCUT2D eigenvalue weighted by molar-refractivity contribution is 9.10. The Labute approximate surface area is 95.5 Å². The van der Waals surface area contributed by atoms with Crippen LogP contribution in [0.25, 0.3) is 0 Å². The number of benzene rings is 1. The molecule has 0 unspecified atom stereocenters. The van der Waals surface area contributed by atoms with E-state index in [-0.39, 0.29) is 0 Å². The van der Waals surface area contributed by atoms with Crippen molar-refractivity contribution >= 4 is 39.3 Å². The van der Waals surface area contributed by atoms with Crippen LogP contribution in [0.2, 0.25) is 5.02 Å².